The molecule has 2 aliphatic rings. The number of hydrogen-bond acceptors (Lipinski definition) is 3. The predicted molar refractivity (Wildman–Crippen MR) is 137 cm³/mol. The summed E-state index contributed by atoms with van der Waals surface area (Å²) in [5.74, 6) is -4.38. The molecule has 1 saturated heterocycles. The van der Waals surface area contributed by atoms with E-state index < -0.39 is 36.2 Å². The molecule has 1 unspecified atom stereocenters. The first kappa shape index (κ1) is 26.8. The highest BCUT2D eigenvalue weighted by atomic mass is 19.3. The van der Waals surface area contributed by atoms with Gasteiger partial charge in [0.25, 0.3) is 5.92 Å². The number of fused-ring (bicyclic) bond motifs is 3. The topological polar surface area (TPSA) is 39.3 Å². The van der Waals surface area contributed by atoms with Gasteiger partial charge in [0.15, 0.2) is 0 Å². The summed E-state index contributed by atoms with van der Waals surface area (Å²) in [7, 11) is 0. The van der Waals surface area contributed by atoms with Gasteiger partial charge >= 0.3 is 0 Å². The summed E-state index contributed by atoms with van der Waals surface area (Å²) in [6, 6.07) is 6.21. The van der Waals surface area contributed by atoms with Crippen molar-refractivity contribution in [1.29, 1.82) is 0 Å². The van der Waals surface area contributed by atoms with Crippen molar-refractivity contribution in [2.24, 2.45) is 5.92 Å². The van der Waals surface area contributed by atoms with E-state index in [-0.39, 0.29) is 18.2 Å². The first-order valence-electron chi connectivity index (χ1n) is 13.1. The molecule has 0 saturated carbocycles. The van der Waals surface area contributed by atoms with Crippen molar-refractivity contribution >= 4 is 17.2 Å². The molecule has 1 aromatic heterocycles. The third kappa shape index (κ3) is 5.23. The van der Waals surface area contributed by atoms with E-state index in [1.54, 1.807) is 25.1 Å². The highest BCUT2D eigenvalue weighted by Crippen LogP contribution is 2.43. The zero-order valence-corrected chi connectivity index (χ0v) is 21.5. The lowest BCUT2D eigenvalue weighted by Crippen LogP contribution is -2.48. The van der Waals surface area contributed by atoms with Crippen LogP contribution in [0.4, 0.5) is 22.0 Å². The van der Waals surface area contributed by atoms with Crippen LogP contribution in [-0.4, -0.2) is 65.9 Å². The van der Waals surface area contributed by atoms with Crippen molar-refractivity contribution in [2.45, 2.75) is 51.1 Å². The van der Waals surface area contributed by atoms with Crippen LogP contribution in [0.1, 0.15) is 59.1 Å². The van der Waals surface area contributed by atoms with Crippen LogP contribution in [0.15, 0.2) is 30.3 Å². The van der Waals surface area contributed by atoms with Gasteiger partial charge in [0.05, 0.1) is 19.3 Å². The number of aldehydes is 1. The molecule has 204 valence electrons. The van der Waals surface area contributed by atoms with Crippen molar-refractivity contribution < 1.29 is 26.7 Å². The minimum Gasteiger partial charge on any atom is -0.357 e. The molecule has 1 N–H and O–H groups in total. The van der Waals surface area contributed by atoms with E-state index in [1.807, 2.05) is 0 Å². The molecule has 4 nitrogen and oxygen atoms in total. The SMILES string of the molecule is C[C@@H]1Cc2c([nH]c3ccc(C=O)cc23)C(c2c(F)cc(CC3CN(CCCF)C3)cc2F)N1CC(C)(F)F. The fraction of sp³-hybridized carbons (Fsp3) is 0.483. The first-order chi connectivity index (χ1) is 18.1. The molecule has 2 atom stereocenters. The molecule has 9 heteroatoms. The third-order valence-electron chi connectivity index (χ3n) is 7.81. The van der Waals surface area contributed by atoms with Crippen LogP contribution in [0.3, 0.4) is 0 Å². The molecular formula is C29H32F5N3O. The summed E-state index contributed by atoms with van der Waals surface area (Å²) in [5, 5.41) is 0.754. The number of alkyl halides is 3. The van der Waals surface area contributed by atoms with E-state index in [0.717, 1.165) is 37.2 Å². The number of nitrogens with one attached hydrogen (secondary N) is 1. The van der Waals surface area contributed by atoms with E-state index in [0.29, 0.717) is 48.1 Å². The van der Waals surface area contributed by atoms with Gasteiger partial charge in [0.1, 0.15) is 17.9 Å². The maximum atomic E-state index is 15.7. The van der Waals surface area contributed by atoms with Gasteiger partial charge in [-0.15, -0.1) is 0 Å². The maximum Gasteiger partial charge on any atom is 0.257 e. The maximum absolute atomic E-state index is 15.7. The Kier molecular flexibility index (Phi) is 7.35. The predicted octanol–water partition coefficient (Wildman–Crippen LogP) is 6.08. The lowest BCUT2D eigenvalue weighted by molar-refractivity contribution is -0.0374. The number of halogens is 5. The molecule has 5 rings (SSSR count). The molecule has 2 aromatic carbocycles. The molecule has 0 aliphatic carbocycles. The Morgan fingerprint density at radius 2 is 1.84 bits per heavy atom. The zero-order chi connectivity index (χ0) is 27.2. The van der Waals surface area contributed by atoms with Crippen molar-refractivity contribution in [3.8, 4) is 0 Å². The van der Waals surface area contributed by atoms with Crippen LogP contribution in [0.5, 0.6) is 0 Å². The Labute approximate surface area is 218 Å². The van der Waals surface area contributed by atoms with E-state index in [1.165, 1.54) is 17.0 Å². The Balaban J connectivity index is 1.52. The van der Waals surface area contributed by atoms with Gasteiger partial charge < -0.3 is 9.88 Å². The Hall–Kier alpha value is -2.78. The second-order valence-electron chi connectivity index (χ2n) is 11.0. The summed E-state index contributed by atoms with van der Waals surface area (Å²) in [6.07, 6.45) is 2.09. The number of carbonyl (C=O) groups is 1. The Morgan fingerprint density at radius 3 is 2.47 bits per heavy atom. The molecule has 38 heavy (non-hydrogen) atoms. The minimum atomic E-state index is -3.08. The summed E-state index contributed by atoms with van der Waals surface area (Å²) in [5.41, 5.74) is 2.66. The number of aromatic amines is 1. The quantitative estimate of drug-likeness (QED) is 0.268. The van der Waals surface area contributed by atoms with Crippen LogP contribution in [0.25, 0.3) is 10.9 Å². The van der Waals surface area contributed by atoms with Crippen LogP contribution in [0.2, 0.25) is 0 Å². The number of carbonyl (C=O) groups excluding carboxylic acids is 1. The van der Waals surface area contributed by atoms with E-state index in [4.69, 9.17) is 0 Å². The fourth-order valence-corrected chi connectivity index (χ4v) is 6.14. The summed E-state index contributed by atoms with van der Waals surface area (Å²) in [6.45, 7) is 3.74. The average Bonchev–Trinajstić information content (AvgIpc) is 3.18. The summed E-state index contributed by atoms with van der Waals surface area (Å²) >= 11 is 0. The molecule has 0 spiro atoms. The molecule has 0 radical (unpaired) electrons. The lowest BCUT2D eigenvalue weighted by atomic mass is 9.86. The minimum absolute atomic E-state index is 0.233. The second-order valence-corrected chi connectivity index (χ2v) is 11.0. The number of likely N-dealkylation sites (tertiary alicyclic amines) is 1. The van der Waals surface area contributed by atoms with E-state index in [9.17, 15) is 18.0 Å². The van der Waals surface area contributed by atoms with Gasteiger partial charge in [-0.25, -0.2) is 17.6 Å². The number of hydrogen-bond donors (Lipinski definition) is 1. The largest absolute Gasteiger partial charge is 0.357 e. The van der Waals surface area contributed by atoms with Crippen molar-refractivity contribution in [3.05, 3.63) is 69.9 Å². The number of nitrogens with zero attached hydrogens (tertiary/aromatic N) is 2. The van der Waals surface area contributed by atoms with Crippen LogP contribution < -0.4 is 0 Å². The Morgan fingerprint density at radius 1 is 1.13 bits per heavy atom. The molecule has 0 bridgehead atoms. The van der Waals surface area contributed by atoms with Gasteiger partial charge in [-0.3, -0.25) is 14.1 Å². The number of rotatable bonds is 9. The van der Waals surface area contributed by atoms with Gasteiger partial charge in [-0.05, 0) is 73.6 Å². The molecule has 3 heterocycles. The van der Waals surface area contributed by atoms with Crippen molar-refractivity contribution in [3.63, 3.8) is 0 Å². The van der Waals surface area contributed by atoms with Gasteiger partial charge in [0.2, 0.25) is 0 Å². The van der Waals surface area contributed by atoms with Crippen molar-refractivity contribution in [2.75, 3.05) is 32.9 Å². The third-order valence-corrected chi connectivity index (χ3v) is 7.81. The number of H-pyrrole nitrogens is 1. The van der Waals surface area contributed by atoms with Gasteiger partial charge in [-0.1, -0.05) is 0 Å². The van der Waals surface area contributed by atoms with Gasteiger partial charge in [0, 0.05) is 60.3 Å². The molecule has 2 aliphatic heterocycles. The smallest absolute Gasteiger partial charge is 0.257 e. The Bertz CT molecular complexity index is 1300. The highest BCUT2D eigenvalue weighted by Gasteiger charge is 2.42. The first-order valence-corrected chi connectivity index (χ1v) is 13.1. The van der Waals surface area contributed by atoms with E-state index >= 15 is 8.78 Å². The summed E-state index contributed by atoms with van der Waals surface area (Å²) < 4.78 is 72.5. The monoisotopic (exact) mass is 533 g/mol. The fourth-order valence-electron chi connectivity index (χ4n) is 6.14. The molecular weight excluding hydrogens is 501 g/mol. The number of aromatic nitrogens is 1. The van der Waals surface area contributed by atoms with Gasteiger partial charge in [-0.2, -0.15) is 0 Å². The molecule has 3 aromatic rings. The number of benzene rings is 2. The van der Waals surface area contributed by atoms with E-state index in [2.05, 4.69) is 9.88 Å². The van der Waals surface area contributed by atoms with Crippen LogP contribution in [0, 0.1) is 17.6 Å². The average molecular weight is 534 g/mol. The van der Waals surface area contributed by atoms with Crippen LogP contribution in [-0.2, 0) is 12.8 Å². The zero-order valence-electron chi connectivity index (χ0n) is 21.5. The molecule has 1 fully saturated rings. The summed E-state index contributed by atoms with van der Waals surface area (Å²) in [4.78, 5) is 18.2. The van der Waals surface area contributed by atoms with Crippen molar-refractivity contribution in [1.82, 2.24) is 14.8 Å². The standard InChI is InChI=1S/C29H32F5N3O/c1-17-8-22-21-10-18(15-38)4-5-25(21)35-27(22)28(37(17)16-29(2,33)34)26-23(31)11-19(12-24(26)32)9-20-13-36(14-20)7-3-6-30/h4-5,10-12,15,17,20,28,35H,3,6-9,13-14,16H2,1-2H3/t17-,28?/m1/s1. The van der Waals surface area contributed by atoms with Crippen LogP contribution >= 0.6 is 0 Å². The highest BCUT2D eigenvalue weighted by molar-refractivity contribution is 5.91. The normalized spacial score (nSPS) is 21.0. The molecule has 0 amide bonds. The second kappa shape index (κ2) is 10.4. The lowest BCUT2D eigenvalue weighted by Gasteiger charge is -2.42.